The molecule has 1 amide bonds. The number of carboxylic acid groups (broad SMARTS) is 1. The lowest BCUT2D eigenvalue weighted by Gasteiger charge is -2.19. The first-order valence-corrected chi connectivity index (χ1v) is 10.5. The number of hydrogen-bond acceptors (Lipinski definition) is 3. The SMILES string of the molecule is O=C(O)C[C@H](NC(=O)OCC1c2ccccc2-c2ccccc21)c1c[nH]c2ccccc12. The lowest BCUT2D eigenvalue weighted by molar-refractivity contribution is -0.137. The molecule has 3 aromatic carbocycles. The van der Waals surface area contributed by atoms with Crippen LogP contribution in [0.2, 0.25) is 0 Å². The number of rotatable bonds is 6. The van der Waals surface area contributed by atoms with Gasteiger partial charge in [0, 0.05) is 28.6 Å². The van der Waals surface area contributed by atoms with Crippen molar-refractivity contribution in [2.75, 3.05) is 6.61 Å². The molecule has 0 aliphatic heterocycles. The van der Waals surface area contributed by atoms with Gasteiger partial charge < -0.3 is 20.1 Å². The van der Waals surface area contributed by atoms with E-state index in [0.29, 0.717) is 0 Å². The van der Waals surface area contributed by atoms with Gasteiger partial charge in [-0.05, 0) is 28.3 Å². The van der Waals surface area contributed by atoms with Gasteiger partial charge in [-0.25, -0.2) is 4.79 Å². The van der Waals surface area contributed by atoms with Crippen LogP contribution in [0, 0.1) is 0 Å². The van der Waals surface area contributed by atoms with E-state index in [-0.39, 0.29) is 18.9 Å². The first kappa shape index (κ1) is 19.9. The maximum absolute atomic E-state index is 12.7. The van der Waals surface area contributed by atoms with Crippen molar-refractivity contribution in [2.45, 2.75) is 18.4 Å². The minimum absolute atomic E-state index is 0.0563. The molecule has 0 unspecified atom stereocenters. The number of H-pyrrole nitrogens is 1. The van der Waals surface area contributed by atoms with Crippen molar-refractivity contribution in [2.24, 2.45) is 0 Å². The third kappa shape index (κ3) is 3.60. The zero-order valence-electron chi connectivity index (χ0n) is 17.2. The molecule has 1 heterocycles. The smallest absolute Gasteiger partial charge is 0.407 e. The number of benzene rings is 3. The van der Waals surface area contributed by atoms with Gasteiger partial charge in [0.05, 0.1) is 12.5 Å². The molecule has 3 N–H and O–H groups in total. The maximum Gasteiger partial charge on any atom is 0.407 e. The number of carboxylic acids is 1. The highest BCUT2D eigenvalue weighted by Gasteiger charge is 2.29. The summed E-state index contributed by atoms with van der Waals surface area (Å²) in [7, 11) is 0. The minimum Gasteiger partial charge on any atom is -0.481 e. The lowest BCUT2D eigenvalue weighted by atomic mass is 9.98. The van der Waals surface area contributed by atoms with Crippen LogP contribution < -0.4 is 5.32 Å². The fourth-order valence-corrected chi connectivity index (χ4v) is 4.58. The molecule has 6 heteroatoms. The van der Waals surface area contributed by atoms with Gasteiger partial charge in [-0.1, -0.05) is 66.7 Å². The topological polar surface area (TPSA) is 91.4 Å². The summed E-state index contributed by atoms with van der Waals surface area (Å²) in [5.41, 5.74) is 6.16. The Morgan fingerprint density at radius 2 is 1.56 bits per heavy atom. The van der Waals surface area contributed by atoms with Gasteiger partial charge >= 0.3 is 12.1 Å². The van der Waals surface area contributed by atoms with Gasteiger partial charge in [-0.15, -0.1) is 0 Å². The zero-order valence-corrected chi connectivity index (χ0v) is 17.2. The Kier molecular flexibility index (Phi) is 5.11. The number of ether oxygens (including phenoxy) is 1. The van der Waals surface area contributed by atoms with Crippen LogP contribution in [-0.2, 0) is 9.53 Å². The molecule has 5 rings (SSSR count). The Bertz CT molecular complexity index is 1260. The molecule has 0 spiro atoms. The second kappa shape index (κ2) is 8.23. The number of fused-ring (bicyclic) bond motifs is 4. The van der Waals surface area contributed by atoms with Crippen LogP contribution >= 0.6 is 0 Å². The number of nitrogens with one attached hydrogen (secondary N) is 2. The number of aromatic nitrogens is 1. The maximum atomic E-state index is 12.7. The van der Waals surface area contributed by atoms with Crippen molar-refractivity contribution in [3.8, 4) is 11.1 Å². The molecule has 1 aliphatic carbocycles. The third-order valence-corrected chi connectivity index (χ3v) is 6.01. The van der Waals surface area contributed by atoms with Gasteiger partial charge in [0.25, 0.3) is 0 Å². The molecule has 1 atom stereocenters. The molecule has 0 saturated heterocycles. The highest BCUT2D eigenvalue weighted by atomic mass is 16.5. The fraction of sp³-hybridized carbons (Fsp3) is 0.154. The van der Waals surface area contributed by atoms with Crippen LogP contribution in [0.15, 0.2) is 79.0 Å². The molecule has 0 bridgehead atoms. The Hall–Kier alpha value is -4.06. The van der Waals surface area contributed by atoms with Crippen molar-refractivity contribution in [3.05, 3.63) is 95.7 Å². The molecular formula is C26H22N2O4. The van der Waals surface area contributed by atoms with Crippen LogP contribution in [0.25, 0.3) is 22.0 Å². The summed E-state index contributed by atoms with van der Waals surface area (Å²) in [6, 6.07) is 23.1. The first-order chi connectivity index (χ1) is 15.6. The van der Waals surface area contributed by atoms with E-state index < -0.39 is 18.1 Å². The zero-order chi connectivity index (χ0) is 22.1. The van der Waals surface area contributed by atoms with Crippen molar-refractivity contribution in [3.63, 3.8) is 0 Å². The summed E-state index contributed by atoms with van der Waals surface area (Å²) in [4.78, 5) is 27.3. The monoisotopic (exact) mass is 426 g/mol. The number of hydrogen-bond donors (Lipinski definition) is 3. The van der Waals surface area contributed by atoms with Crippen molar-refractivity contribution < 1.29 is 19.4 Å². The highest BCUT2D eigenvalue weighted by Crippen LogP contribution is 2.44. The van der Waals surface area contributed by atoms with Crippen LogP contribution in [-0.4, -0.2) is 28.8 Å². The number of alkyl carbamates (subject to hydrolysis) is 1. The van der Waals surface area contributed by atoms with E-state index in [4.69, 9.17) is 4.74 Å². The van der Waals surface area contributed by atoms with Crippen LogP contribution in [0.4, 0.5) is 4.79 Å². The summed E-state index contributed by atoms with van der Waals surface area (Å²) in [6.07, 6.45) is 0.858. The second-order valence-corrected chi connectivity index (χ2v) is 7.91. The average Bonchev–Trinajstić information content (AvgIpc) is 3.36. The normalized spacial score (nSPS) is 13.4. The summed E-state index contributed by atoms with van der Waals surface area (Å²) >= 11 is 0. The van der Waals surface area contributed by atoms with E-state index in [1.54, 1.807) is 6.20 Å². The standard InChI is InChI=1S/C26H22N2O4/c29-25(30)13-24(21-14-27-23-12-6-5-11-20(21)23)28-26(31)32-15-22-18-9-3-1-7-16(18)17-8-2-4-10-19(17)22/h1-12,14,22,24,27H,13,15H2,(H,28,31)(H,29,30)/t24-/m0/s1. The lowest BCUT2D eigenvalue weighted by Crippen LogP contribution is -2.31. The van der Waals surface area contributed by atoms with Gasteiger partial charge in [-0.3, -0.25) is 4.79 Å². The first-order valence-electron chi connectivity index (χ1n) is 10.5. The fourth-order valence-electron chi connectivity index (χ4n) is 4.58. The molecular weight excluding hydrogens is 404 g/mol. The summed E-state index contributed by atoms with van der Waals surface area (Å²) in [5, 5.41) is 13.0. The molecule has 6 nitrogen and oxygen atoms in total. The molecule has 0 radical (unpaired) electrons. The predicted molar refractivity (Wildman–Crippen MR) is 121 cm³/mol. The molecule has 1 aromatic heterocycles. The molecule has 1 aliphatic rings. The van der Waals surface area contributed by atoms with Crippen LogP contribution in [0.5, 0.6) is 0 Å². The van der Waals surface area contributed by atoms with Crippen molar-refractivity contribution in [1.29, 1.82) is 0 Å². The largest absolute Gasteiger partial charge is 0.481 e. The van der Waals surface area contributed by atoms with Crippen LogP contribution in [0.3, 0.4) is 0 Å². The summed E-state index contributed by atoms with van der Waals surface area (Å²) in [5.74, 6) is -1.06. The molecule has 160 valence electrons. The summed E-state index contributed by atoms with van der Waals surface area (Å²) in [6.45, 7) is 0.174. The van der Waals surface area contributed by atoms with Gasteiger partial charge in [0.15, 0.2) is 0 Å². The number of carbonyl (C=O) groups is 2. The van der Waals surface area contributed by atoms with E-state index in [1.807, 2.05) is 48.5 Å². The summed E-state index contributed by atoms with van der Waals surface area (Å²) < 4.78 is 5.61. The van der Waals surface area contributed by atoms with E-state index in [0.717, 1.165) is 38.7 Å². The number of aliphatic carboxylic acids is 1. The Morgan fingerprint density at radius 1 is 0.938 bits per heavy atom. The van der Waals surface area contributed by atoms with E-state index >= 15 is 0 Å². The third-order valence-electron chi connectivity index (χ3n) is 6.01. The number of amides is 1. The number of para-hydroxylation sites is 1. The van der Waals surface area contributed by atoms with E-state index in [2.05, 4.69) is 34.6 Å². The van der Waals surface area contributed by atoms with E-state index in [9.17, 15) is 14.7 Å². The Morgan fingerprint density at radius 3 is 2.25 bits per heavy atom. The second-order valence-electron chi connectivity index (χ2n) is 7.91. The van der Waals surface area contributed by atoms with Crippen molar-refractivity contribution >= 4 is 23.0 Å². The molecule has 0 saturated carbocycles. The Balaban J connectivity index is 1.34. The minimum atomic E-state index is -1.00. The number of carbonyl (C=O) groups excluding carboxylic acids is 1. The molecule has 0 fully saturated rings. The molecule has 4 aromatic rings. The van der Waals surface area contributed by atoms with Gasteiger partial charge in [-0.2, -0.15) is 0 Å². The van der Waals surface area contributed by atoms with Crippen molar-refractivity contribution in [1.82, 2.24) is 10.3 Å². The van der Waals surface area contributed by atoms with Gasteiger partial charge in [0.2, 0.25) is 0 Å². The van der Waals surface area contributed by atoms with E-state index in [1.165, 1.54) is 0 Å². The highest BCUT2D eigenvalue weighted by molar-refractivity contribution is 5.85. The van der Waals surface area contributed by atoms with Crippen LogP contribution in [0.1, 0.15) is 35.1 Å². The molecule has 32 heavy (non-hydrogen) atoms. The number of aromatic amines is 1. The average molecular weight is 426 g/mol. The van der Waals surface area contributed by atoms with Gasteiger partial charge in [0.1, 0.15) is 6.61 Å². The quantitative estimate of drug-likeness (QED) is 0.394. The predicted octanol–water partition coefficient (Wildman–Crippen LogP) is 5.22. The Labute approximate surface area is 184 Å².